The van der Waals surface area contributed by atoms with Crippen molar-refractivity contribution in [2.24, 2.45) is 0 Å². The molecule has 0 saturated heterocycles. The fraction of sp³-hybridized carbons (Fsp3) is 0.278. The van der Waals surface area contributed by atoms with Crippen molar-refractivity contribution >= 4 is 15.9 Å². The van der Waals surface area contributed by atoms with E-state index in [1.807, 2.05) is 38.1 Å². The zero-order chi connectivity index (χ0) is 18.6. The van der Waals surface area contributed by atoms with Gasteiger partial charge in [0.25, 0.3) is 0 Å². The Balaban J connectivity index is 2.04. The molecule has 0 aliphatic rings. The van der Waals surface area contributed by atoms with E-state index in [0.29, 0.717) is 0 Å². The minimum absolute atomic E-state index is 0.0591. The van der Waals surface area contributed by atoms with E-state index in [-0.39, 0.29) is 17.5 Å². The van der Waals surface area contributed by atoms with Crippen molar-refractivity contribution in [3.05, 3.63) is 65.5 Å². The third kappa shape index (κ3) is 4.64. The summed E-state index contributed by atoms with van der Waals surface area (Å²) in [5.41, 5.74) is 2.02. The highest BCUT2D eigenvalue weighted by molar-refractivity contribution is 7.89. The number of aryl methyl sites for hydroxylation is 1. The number of rotatable bonds is 6. The van der Waals surface area contributed by atoms with Gasteiger partial charge in [-0.05, 0) is 49.2 Å². The molecule has 0 bridgehead atoms. The topological polar surface area (TPSA) is 66.5 Å². The molecule has 1 N–H and O–H groups in total. The summed E-state index contributed by atoms with van der Waals surface area (Å²) in [6.07, 6.45) is 0. The van der Waals surface area contributed by atoms with E-state index in [2.05, 4.69) is 5.32 Å². The molecule has 0 aliphatic heterocycles. The van der Waals surface area contributed by atoms with Gasteiger partial charge in [0.15, 0.2) is 0 Å². The lowest BCUT2D eigenvalue weighted by atomic mass is 10.0. The first-order valence-electron chi connectivity index (χ1n) is 7.78. The second kappa shape index (κ2) is 7.76. The summed E-state index contributed by atoms with van der Waals surface area (Å²) in [5.74, 6) is -0.935. The summed E-state index contributed by atoms with van der Waals surface area (Å²) >= 11 is 0. The molecule has 0 aromatic heterocycles. The molecule has 2 aromatic rings. The number of nitrogens with zero attached hydrogens (tertiary/aromatic N) is 1. The van der Waals surface area contributed by atoms with Crippen LogP contribution >= 0.6 is 0 Å². The van der Waals surface area contributed by atoms with Crippen LogP contribution in [0.5, 0.6) is 0 Å². The molecule has 134 valence electrons. The normalized spacial score (nSPS) is 12.8. The van der Waals surface area contributed by atoms with Gasteiger partial charge in [-0.1, -0.05) is 24.3 Å². The molecule has 0 aliphatic carbocycles. The quantitative estimate of drug-likeness (QED) is 0.857. The van der Waals surface area contributed by atoms with E-state index in [1.54, 1.807) is 0 Å². The number of nitrogens with one attached hydrogen (secondary N) is 1. The number of carbonyl (C=O) groups excluding carboxylic acids is 1. The number of benzene rings is 2. The first-order valence-corrected chi connectivity index (χ1v) is 9.22. The molecule has 0 heterocycles. The summed E-state index contributed by atoms with van der Waals surface area (Å²) in [4.78, 5) is 12.1. The summed E-state index contributed by atoms with van der Waals surface area (Å²) in [6.45, 7) is 3.47. The molecule has 25 heavy (non-hydrogen) atoms. The first-order chi connectivity index (χ1) is 11.7. The van der Waals surface area contributed by atoms with E-state index < -0.39 is 21.7 Å². The molecular formula is C18H21FN2O3S. The minimum Gasteiger partial charge on any atom is -0.348 e. The lowest BCUT2D eigenvalue weighted by Gasteiger charge is -2.20. The molecule has 2 aromatic carbocycles. The SMILES string of the molecule is Cc1ccccc1[C@@H](C)NC(=O)CN(C)S(=O)(=O)c1ccc(F)cc1. The van der Waals surface area contributed by atoms with Crippen LogP contribution in [-0.4, -0.2) is 32.2 Å². The predicted octanol–water partition coefficient (Wildman–Crippen LogP) is 2.63. The van der Waals surface area contributed by atoms with Crippen LogP contribution in [0.15, 0.2) is 53.4 Å². The highest BCUT2D eigenvalue weighted by Gasteiger charge is 2.23. The number of sulfonamides is 1. The zero-order valence-corrected chi connectivity index (χ0v) is 15.2. The Hall–Kier alpha value is -2.25. The standard InChI is InChI=1S/C18H21FN2O3S/c1-13-6-4-5-7-17(13)14(2)20-18(22)12-21(3)25(23,24)16-10-8-15(19)9-11-16/h4-11,14H,12H2,1-3H3,(H,20,22)/t14-/m1/s1. The van der Waals surface area contributed by atoms with Crippen molar-refractivity contribution in [2.45, 2.75) is 24.8 Å². The van der Waals surface area contributed by atoms with Gasteiger partial charge in [-0.25, -0.2) is 12.8 Å². The molecule has 5 nitrogen and oxygen atoms in total. The van der Waals surface area contributed by atoms with Crippen molar-refractivity contribution in [3.63, 3.8) is 0 Å². The van der Waals surface area contributed by atoms with Crippen LogP contribution in [0.25, 0.3) is 0 Å². The van der Waals surface area contributed by atoms with E-state index in [9.17, 15) is 17.6 Å². The number of hydrogen-bond acceptors (Lipinski definition) is 3. The largest absolute Gasteiger partial charge is 0.348 e. The van der Waals surface area contributed by atoms with Crippen LogP contribution < -0.4 is 5.32 Å². The van der Waals surface area contributed by atoms with Gasteiger partial charge in [0, 0.05) is 7.05 Å². The molecule has 2 rings (SSSR count). The van der Waals surface area contributed by atoms with Crippen LogP contribution in [0.2, 0.25) is 0 Å². The van der Waals surface area contributed by atoms with Crippen LogP contribution in [0.1, 0.15) is 24.1 Å². The van der Waals surface area contributed by atoms with E-state index in [0.717, 1.165) is 27.6 Å². The van der Waals surface area contributed by atoms with Gasteiger partial charge in [-0.2, -0.15) is 4.31 Å². The van der Waals surface area contributed by atoms with Crippen molar-refractivity contribution in [1.82, 2.24) is 9.62 Å². The molecule has 0 unspecified atom stereocenters. The number of amides is 1. The van der Waals surface area contributed by atoms with Crippen LogP contribution in [0.3, 0.4) is 0 Å². The molecular weight excluding hydrogens is 343 g/mol. The van der Waals surface area contributed by atoms with Gasteiger partial charge in [0.2, 0.25) is 15.9 Å². The maximum absolute atomic E-state index is 13.0. The molecule has 0 spiro atoms. The molecule has 7 heteroatoms. The number of likely N-dealkylation sites (N-methyl/N-ethyl adjacent to an activating group) is 1. The maximum Gasteiger partial charge on any atom is 0.243 e. The van der Waals surface area contributed by atoms with E-state index in [1.165, 1.54) is 19.2 Å². The monoisotopic (exact) mass is 364 g/mol. The van der Waals surface area contributed by atoms with Crippen LogP contribution in [-0.2, 0) is 14.8 Å². The molecule has 0 radical (unpaired) electrons. The van der Waals surface area contributed by atoms with Crippen molar-refractivity contribution in [1.29, 1.82) is 0 Å². The summed E-state index contributed by atoms with van der Waals surface area (Å²) in [7, 11) is -2.54. The third-order valence-corrected chi connectivity index (χ3v) is 5.74. The minimum atomic E-state index is -3.85. The van der Waals surface area contributed by atoms with Gasteiger partial charge < -0.3 is 5.32 Å². The Kier molecular flexibility index (Phi) is 5.92. The van der Waals surface area contributed by atoms with E-state index >= 15 is 0 Å². The maximum atomic E-state index is 13.0. The molecule has 0 saturated carbocycles. The third-order valence-electron chi connectivity index (χ3n) is 3.92. The fourth-order valence-electron chi connectivity index (χ4n) is 2.51. The number of hydrogen-bond donors (Lipinski definition) is 1. The van der Waals surface area contributed by atoms with Gasteiger partial charge in [0.1, 0.15) is 5.82 Å². The molecule has 1 atom stereocenters. The lowest BCUT2D eigenvalue weighted by Crippen LogP contribution is -2.39. The van der Waals surface area contributed by atoms with Gasteiger partial charge in [0.05, 0.1) is 17.5 Å². The number of halogens is 1. The smallest absolute Gasteiger partial charge is 0.243 e. The molecule has 0 fully saturated rings. The van der Waals surface area contributed by atoms with Gasteiger partial charge >= 0.3 is 0 Å². The van der Waals surface area contributed by atoms with Gasteiger partial charge in [-0.3, -0.25) is 4.79 Å². The molecule has 1 amide bonds. The zero-order valence-electron chi connectivity index (χ0n) is 14.4. The van der Waals surface area contributed by atoms with Crippen LogP contribution in [0, 0.1) is 12.7 Å². The van der Waals surface area contributed by atoms with Crippen LogP contribution in [0.4, 0.5) is 4.39 Å². The van der Waals surface area contributed by atoms with E-state index in [4.69, 9.17) is 0 Å². The Bertz CT molecular complexity index is 851. The van der Waals surface area contributed by atoms with Crippen molar-refractivity contribution in [3.8, 4) is 0 Å². The second-order valence-electron chi connectivity index (χ2n) is 5.86. The highest BCUT2D eigenvalue weighted by Crippen LogP contribution is 2.17. The Labute approximate surface area is 147 Å². The fourth-order valence-corrected chi connectivity index (χ4v) is 3.64. The summed E-state index contributed by atoms with van der Waals surface area (Å²) in [5, 5.41) is 2.80. The average molecular weight is 364 g/mol. The van der Waals surface area contributed by atoms with Crippen molar-refractivity contribution in [2.75, 3.05) is 13.6 Å². The highest BCUT2D eigenvalue weighted by atomic mass is 32.2. The van der Waals surface area contributed by atoms with Gasteiger partial charge in [-0.15, -0.1) is 0 Å². The number of carbonyl (C=O) groups is 1. The summed E-state index contributed by atoms with van der Waals surface area (Å²) < 4.78 is 38.7. The Morgan fingerprint density at radius 3 is 2.36 bits per heavy atom. The van der Waals surface area contributed by atoms with Crippen molar-refractivity contribution < 1.29 is 17.6 Å². The average Bonchev–Trinajstić information content (AvgIpc) is 2.55. The predicted molar refractivity (Wildman–Crippen MR) is 94.0 cm³/mol. The second-order valence-corrected chi connectivity index (χ2v) is 7.91. The Morgan fingerprint density at radius 1 is 1.16 bits per heavy atom. The Morgan fingerprint density at radius 2 is 1.76 bits per heavy atom. The first kappa shape index (κ1) is 19.1. The lowest BCUT2D eigenvalue weighted by molar-refractivity contribution is -0.121. The summed E-state index contributed by atoms with van der Waals surface area (Å²) in [6, 6.07) is 11.9.